The third-order valence-electron chi connectivity index (χ3n) is 5.05. The van der Waals surface area contributed by atoms with Crippen molar-refractivity contribution in [3.05, 3.63) is 53.3 Å². The van der Waals surface area contributed by atoms with Crippen LogP contribution in [0.4, 0.5) is 9.52 Å². The molecular formula is C23H28FN3O2S. The molecule has 2 aromatic carbocycles. The molecule has 0 aliphatic rings. The lowest BCUT2D eigenvalue weighted by Gasteiger charge is -2.24. The highest BCUT2D eigenvalue weighted by Gasteiger charge is 2.21. The number of ether oxygens (including phenoxy) is 1. The van der Waals surface area contributed by atoms with Gasteiger partial charge in [-0.15, -0.1) is 0 Å². The van der Waals surface area contributed by atoms with Gasteiger partial charge in [0.2, 0.25) is 0 Å². The van der Waals surface area contributed by atoms with E-state index in [2.05, 4.69) is 31.7 Å². The van der Waals surface area contributed by atoms with Gasteiger partial charge in [-0.1, -0.05) is 31.3 Å². The van der Waals surface area contributed by atoms with Crippen molar-refractivity contribution in [1.82, 2.24) is 9.88 Å². The highest BCUT2D eigenvalue weighted by Crippen LogP contribution is 2.32. The van der Waals surface area contributed by atoms with Crippen molar-refractivity contribution in [3.63, 3.8) is 0 Å². The SMILES string of the molecule is CCN(CC)CCN(C(=O)COc1ccc(F)cc1)c1nc2cc(C)cc(C)c2s1. The van der Waals surface area contributed by atoms with Crippen LogP contribution in [0.5, 0.6) is 5.75 Å². The van der Waals surface area contributed by atoms with Crippen molar-refractivity contribution in [2.45, 2.75) is 27.7 Å². The number of hydrogen-bond donors (Lipinski definition) is 0. The van der Waals surface area contributed by atoms with E-state index in [1.165, 1.54) is 35.6 Å². The van der Waals surface area contributed by atoms with Crippen LogP contribution in [0, 0.1) is 19.7 Å². The summed E-state index contributed by atoms with van der Waals surface area (Å²) in [5.41, 5.74) is 3.22. The number of fused-ring (bicyclic) bond motifs is 1. The molecule has 0 unspecified atom stereocenters. The van der Waals surface area contributed by atoms with Gasteiger partial charge in [-0.25, -0.2) is 9.37 Å². The number of halogens is 1. The minimum Gasteiger partial charge on any atom is -0.484 e. The maximum Gasteiger partial charge on any atom is 0.266 e. The largest absolute Gasteiger partial charge is 0.484 e. The Morgan fingerprint density at radius 2 is 1.80 bits per heavy atom. The Kier molecular flexibility index (Phi) is 7.39. The molecule has 0 atom stereocenters. The number of likely N-dealkylation sites (N-methyl/N-ethyl adjacent to an activating group) is 1. The van der Waals surface area contributed by atoms with Gasteiger partial charge in [0.05, 0.1) is 10.2 Å². The summed E-state index contributed by atoms with van der Waals surface area (Å²) in [4.78, 5) is 21.8. The Hall–Kier alpha value is -2.51. The highest BCUT2D eigenvalue weighted by atomic mass is 32.1. The number of nitrogens with zero attached hydrogens (tertiary/aromatic N) is 3. The molecule has 0 spiro atoms. The van der Waals surface area contributed by atoms with Crippen LogP contribution in [0.3, 0.4) is 0 Å². The third kappa shape index (κ3) is 5.34. The first-order chi connectivity index (χ1) is 14.4. The standard InChI is InChI=1S/C23H28FN3O2S/c1-5-26(6-2)11-12-27(21(28)15-29-19-9-7-18(24)8-10-19)23-25-20-14-16(3)13-17(4)22(20)30-23/h7-10,13-14H,5-6,11-12,15H2,1-4H3. The molecule has 0 N–H and O–H groups in total. The number of carbonyl (C=O) groups is 1. The summed E-state index contributed by atoms with van der Waals surface area (Å²) in [6.07, 6.45) is 0. The van der Waals surface area contributed by atoms with Crippen LogP contribution in [0.1, 0.15) is 25.0 Å². The van der Waals surface area contributed by atoms with Crippen LogP contribution in [-0.4, -0.2) is 48.6 Å². The number of anilines is 1. The molecule has 0 aliphatic heterocycles. The Balaban J connectivity index is 1.82. The molecule has 1 amide bonds. The third-order valence-corrected chi connectivity index (χ3v) is 6.28. The van der Waals surface area contributed by atoms with E-state index in [4.69, 9.17) is 9.72 Å². The van der Waals surface area contributed by atoms with Gasteiger partial charge in [0.15, 0.2) is 11.7 Å². The molecule has 7 heteroatoms. The molecule has 3 rings (SSSR count). The van der Waals surface area contributed by atoms with Crippen LogP contribution in [-0.2, 0) is 4.79 Å². The molecule has 0 radical (unpaired) electrons. The van der Waals surface area contributed by atoms with Crippen LogP contribution < -0.4 is 9.64 Å². The first kappa shape index (κ1) is 22.2. The summed E-state index contributed by atoms with van der Waals surface area (Å²) in [5.74, 6) is -0.0428. The molecule has 1 aromatic heterocycles. The minimum absolute atomic E-state index is 0.127. The smallest absolute Gasteiger partial charge is 0.266 e. The van der Waals surface area contributed by atoms with Gasteiger partial charge < -0.3 is 9.64 Å². The normalized spacial score (nSPS) is 11.3. The molecule has 3 aromatic rings. The molecule has 1 heterocycles. The Morgan fingerprint density at radius 3 is 2.47 bits per heavy atom. The summed E-state index contributed by atoms with van der Waals surface area (Å²) >= 11 is 1.53. The topological polar surface area (TPSA) is 45.7 Å². The van der Waals surface area contributed by atoms with Crippen LogP contribution in [0.15, 0.2) is 36.4 Å². The zero-order valence-electron chi connectivity index (χ0n) is 17.9. The first-order valence-electron chi connectivity index (χ1n) is 10.2. The number of rotatable bonds is 9. The quantitative estimate of drug-likeness (QED) is 0.490. The van der Waals surface area contributed by atoms with E-state index in [9.17, 15) is 9.18 Å². The molecule has 0 aliphatic carbocycles. The second-order valence-corrected chi connectivity index (χ2v) is 8.22. The highest BCUT2D eigenvalue weighted by molar-refractivity contribution is 7.22. The van der Waals surface area contributed by atoms with E-state index in [1.807, 2.05) is 13.0 Å². The van der Waals surface area contributed by atoms with E-state index in [0.717, 1.165) is 41.0 Å². The van der Waals surface area contributed by atoms with Crippen LogP contribution >= 0.6 is 11.3 Å². The fourth-order valence-electron chi connectivity index (χ4n) is 3.34. The lowest BCUT2D eigenvalue weighted by molar-refractivity contribution is -0.120. The maximum atomic E-state index is 13.1. The number of thiazole rings is 1. The molecule has 0 saturated heterocycles. The summed E-state index contributed by atoms with van der Waals surface area (Å²) in [5, 5.41) is 0.679. The van der Waals surface area contributed by atoms with Crippen molar-refractivity contribution < 1.29 is 13.9 Å². The van der Waals surface area contributed by atoms with Crippen LogP contribution in [0.25, 0.3) is 10.2 Å². The Labute approximate surface area is 181 Å². The monoisotopic (exact) mass is 429 g/mol. The van der Waals surface area contributed by atoms with Gasteiger partial charge in [0.25, 0.3) is 5.91 Å². The zero-order chi connectivity index (χ0) is 21.7. The van der Waals surface area contributed by atoms with Crippen molar-refractivity contribution in [3.8, 4) is 5.75 Å². The van der Waals surface area contributed by atoms with Gasteiger partial charge in [-0.3, -0.25) is 9.69 Å². The van der Waals surface area contributed by atoms with Crippen molar-refractivity contribution in [2.24, 2.45) is 0 Å². The van der Waals surface area contributed by atoms with E-state index < -0.39 is 0 Å². The van der Waals surface area contributed by atoms with Crippen LogP contribution in [0.2, 0.25) is 0 Å². The number of aryl methyl sites for hydroxylation is 2. The minimum atomic E-state index is -0.338. The zero-order valence-corrected chi connectivity index (χ0v) is 18.8. The predicted molar refractivity (Wildman–Crippen MR) is 121 cm³/mol. The number of benzene rings is 2. The first-order valence-corrected chi connectivity index (χ1v) is 11.0. The van der Waals surface area contributed by atoms with Gasteiger partial charge in [0, 0.05) is 13.1 Å². The Bertz CT molecular complexity index is 1000. The van der Waals surface area contributed by atoms with Gasteiger partial charge >= 0.3 is 0 Å². The predicted octanol–water partition coefficient (Wildman–Crippen LogP) is 4.81. The fraction of sp³-hybridized carbons (Fsp3) is 0.391. The van der Waals surface area contributed by atoms with E-state index in [1.54, 1.807) is 4.90 Å². The summed E-state index contributed by atoms with van der Waals surface area (Å²) in [6, 6.07) is 9.85. The summed E-state index contributed by atoms with van der Waals surface area (Å²) in [7, 11) is 0. The average molecular weight is 430 g/mol. The van der Waals surface area contributed by atoms with E-state index in [0.29, 0.717) is 17.4 Å². The molecule has 30 heavy (non-hydrogen) atoms. The Morgan fingerprint density at radius 1 is 1.10 bits per heavy atom. The van der Waals surface area contributed by atoms with Crippen molar-refractivity contribution in [2.75, 3.05) is 37.7 Å². The second-order valence-electron chi connectivity index (χ2n) is 7.24. The number of aromatic nitrogens is 1. The summed E-state index contributed by atoms with van der Waals surface area (Å²) < 4.78 is 19.8. The number of carbonyl (C=O) groups excluding carboxylic acids is 1. The average Bonchev–Trinajstić information content (AvgIpc) is 3.14. The van der Waals surface area contributed by atoms with E-state index in [-0.39, 0.29) is 18.3 Å². The van der Waals surface area contributed by atoms with Crippen molar-refractivity contribution >= 4 is 32.6 Å². The summed E-state index contributed by atoms with van der Waals surface area (Å²) in [6.45, 7) is 11.3. The van der Waals surface area contributed by atoms with E-state index >= 15 is 0 Å². The molecule has 0 fully saturated rings. The lowest BCUT2D eigenvalue weighted by atomic mass is 10.1. The molecule has 0 saturated carbocycles. The van der Waals surface area contributed by atoms with Gasteiger partial charge in [-0.05, 0) is 68.4 Å². The molecule has 160 valence electrons. The maximum absolute atomic E-state index is 13.1. The van der Waals surface area contributed by atoms with Gasteiger partial charge in [0.1, 0.15) is 11.6 Å². The van der Waals surface area contributed by atoms with Crippen molar-refractivity contribution in [1.29, 1.82) is 0 Å². The number of amides is 1. The fourth-order valence-corrected chi connectivity index (χ4v) is 4.40. The molecular weight excluding hydrogens is 401 g/mol. The second kappa shape index (κ2) is 10.00. The lowest BCUT2D eigenvalue weighted by Crippen LogP contribution is -2.41. The molecule has 0 bridgehead atoms. The number of hydrogen-bond acceptors (Lipinski definition) is 5. The van der Waals surface area contributed by atoms with Gasteiger partial charge in [-0.2, -0.15) is 0 Å². The molecule has 5 nitrogen and oxygen atoms in total.